The van der Waals surface area contributed by atoms with Gasteiger partial charge in [0.05, 0.1) is 6.04 Å². The van der Waals surface area contributed by atoms with Crippen LogP contribution in [0, 0.1) is 0 Å². The van der Waals surface area contributed by atoms with Crippen LogP contribution in [0.1, 0.15) is 17.2 Å². The number of nitrogens with zero attached hydrogens (tertiary/aromatic N) is 2. The predicted molar refractivity (Wildman–Crippen MR) is 84.8 cm³/mol. The second-order valence-corrected chi connectivity index (χ2v) is 4.73. The van der Waals surface area contributed by atoms with Crippen LogP contribution in [0.3, 0.4) is 0 Å². The fraction of sp³-hybridized carbons (Fsp3) is 0.0588. The average molecular weight is 276 g/mol. The van der Waals surface area contributed by atoms with Crippen molar-refractivity contribution >= 4 is 11.6 Å². The van der Waals surface area contributed by atoms with Gasteiger partial charge < -0.3 is 11.1 Å². The molecule has 4 nitrogen and oxygen atoms in total. The molecule has 1 heterocycles. The quantitative estimate of drug-likeness (QED) is 0.767. The molecular formula is C17H16N4. The topological polar surface area (TPSA) is 63.8 Å². The number of nitrogens with one attached hydrogen (secondary N) is 1. The molecule has 2 aromatic carbocycles. The SMILES string of the molecule is Nc1cc(NC(c2ccccc2)c2ccccc2)ncn1. The number of rotatable bonds is 4. The first-order valence-corrected chi connectivity index (χ1v) is 6.77. The third kappa shape index (κ3) is 3.17. The van der Waals surface area contributed by atoms with Crippen LogP contribution in [-0.4, -0.2) is 9.97 Å². The number of hydrogen-bond acceptors (Lipinski definition) is 4. The highest BCUT2D eigenvalue weighted by atomic mass is 15.0. The van der Waals surface area contributed by atoms with Gasteiger partial charge in [-0.05, 0) is 11.1 Å². The van der Waals surface area contributed by atoms with Crippen LogP contribution in [0.5, 0.6) is 0 Å². The molecular weight excluding hydrogens is 260 g/mol. The Labute approximate surface area is 123 Å². The molecule has 0 unspecified atom stereocenters. The zero-order chi connectivity index (χ0) is 14.5. The molecule has 0 atom stereocenters. The molecule has 0 saturated heterocycles. The molecule has 4 heteroatoms. The molecule has 21 heavy (non-hydrogen) atoms. The van der Waals surface area contributed by atoms with Gasteiger partial charge in [-0.1, -0.05) is 60.7 Å². The van der Waals surface area contributed by atoms with Crippen molar-refractivity contribution in [1.29, 1.82) is 0 Å². The highest BCUT2D eigenvalue weighted by Gasteiger charge is 2.14. The standard InChI is InChI=1S/C17H16N4/c18-15-11-16(20-12-19-15)21-17(13-7-3-1-4-8-13)14-9-5-2-6-10-14/h1-12,17H,(H3,18,19,20,21). The van der Waals surface area contributed by atoms with Gasteiger partial charge in [-0.2, -0.15) is 0 Å². The predicted octanol–water partition coefficient (Wildman–Crippen LogP) is 3.26. The Morgan fingerprint density at radius 2 is 1.38 bits per heavy atom. The second-order valence-electron chi connectivity index (χ2n) is 4.73. The van der Waals surface area contributed by atoms with Crippen LogP contribution >= 0.6 is 0 Å². The lowest BCUT2D eigenvalue weighted by atomic mass is 9.99. The smallest absolute Gasteiger partial charge is 0.132 e. The van der Waals surface area contributed by atoms with E-state index in [1.165, 1.54) is 17.5 Å². The van der Waals surface area contributed by atoms with Crippen LogP contribution in [0.25, 0.3) is 0 Å². The second kappa shape index (κ2) is 6.05. The summed E-state index contributed by atoms with van der Waals surface area (Å²) in [6.45, 7) is 0. The summed E-state index contributed by atoms with van der Waals surface area (Å²) in [7, 11) is 0. The lowest BCUT2D eigenvalue weighted by molar-refractivity contribution is 0.923. The van der Waals surface area contributed by atoms with Crippen LogP contribution < -0.4 is 11.1 Å². The summed E-state index contributed by atoms with van der Waals surface area (Å²) in [5.41, 5.74) is 8.06. The first-order valence-electron chi connectivity index (χ1n) is 6.77. The minimum atomic E-state index is 0.0155. The molecule has 0 aliphatic heterocycles. The highest BCUT2D eigenvalue weighted by molar-refractivity contribution is 5.48. The van der Waals surface area contributed by atoms with Crippen molar-refractivity contribution in [2.24, 2.45) is 0 Å². The van der Waals surface area contributed by atoms with Crippen molar-refractivity contribution in [2.45, 2.75) is 6.04 Å². The number of benzene rings is 2. The Morgan fingerprint density at radius 1 is 0.810 bits per heavy atom. The number of anilines is 2. The number of nitrogens with two attached hydrogens (primary N) is 1. The summed E-state index contributed by atoms with van der Waals surface area (Å²) >= 11 is 0. The maximum atomic E-state index is 5.72. The molecule has 104 valence electrons. The van der Waals surface area contributed by atoms with Gasteiger partial charge in [-0.3, -0.25) is 0 Å². The number of nitrogen functional groups attached to an aromatic ring is 1. The Morgan fingerprint density at radius 3 is 1.90 bits per heavy atom. The minimum Gasteiger partial charge on any atom is -0.384 e. The van der Waals surface area contributed by atoms with Crippen molar-refractivity contribution in [3.63, 3.8) is 0 Å². The van der Waals surface area contributed by atoms with Gasteiger partial charge in [0.2, 0.25) is 0 Å². The molecule has 0 fully saturated rings. The van der Waals surface area contributed by atoms with Crippen LogP contribution in [0.15, 0.2) is 73.1 Å². The lowest BCUT2D eigenvalue weighted by Gasteiger charge is -2.20. The molecule has 0 bridgehead atoms. The van der Waals surface area contributed by atoms with E-state index in [0.29, 0.717) is 11.6 Å². The number of hydrogen-bond donors (Lipinski definition) is 2. The zero-order valence-corrected chi connectivity index (χ0v) is 11.5. The molecule has 0 amide bonds. The molecule has 0 saturated carbocycles. The lowest BCUT2D eigenvalue weighted by Crippen LogP contribution is -2.13. The first kappa shape index (κ1) is 13.1. The van der Waals surface area contributed by atoms with E-state index in [4.69, 9.17) is 5.73 Å². The van der Waals surface area contributed by atoms with E-state index in [1.807, 2.05) is 36.4 Å². The van der Waals surface area contributed by atoms with Gasteiger partial charge in [0.25, 0.3) is 0 Å². The Bertz CT molecular complexity index is 659. The van der Waals surface area contributed by atoms with Gasteiger partial charge in [0.15, 0.2) is 0 Å². The van der Waals surface area contributed by atoms with Crippen molar-refractivity contribution in [1.82, 2.24) is 9.97 Å². The van der Waals surface area contributed by atoms with Crippen LogP contribution in [0.4, 0.5) is 11.6 Å². The van der Waals surface area contributed by atoms with Gasteiger partial charge in [0.1, 0.15) is 18.0 Å². The first-order chi connectivity index (χ1) is 10.3. The molecule has 0 radical (unpaired) electrons. The summed E-state index contributed by atoms with van der Waals surface area (Å²) in [6.07, 6.45) is 1.46. The number of aromatic nitrogens is 2. The van der Waals surface area contributed by atoms with Gasteiger partial charge >= 0.3 is 0 Å². The maximum absolute atomic E-state index is 5.72. The summed E-state index contributed by atoms with van der Waals surface area (Å²) in [4.78, 5) is 8.15. The fourth-order valence-electron chi connectivity index (χ4n) is 2.25. The van der Waals surface area contributed by atoms with E-state index in [1.54, 1.807) is 6.07 Å². The molecule has 0 spiro atoms. The third-order valence-electron chi connectivity index (χ3n) is 3.25. The largest absolute Gasteiger partial charge is 0.384 e. The van der Waals surface area contributed by atoms with Crippen LogP contribution in [0.2, 0.25) is 0 Å². The van der Waals surface area contributed by atoms with Crippen molar-refractivity contribution < 1.29 is 0 Å². The fourth-order valence-corrected chi connectivity index (χ4v) is 2.25. The van der Waals surface area contributed by atoms with E-state index in [2.05, 4.69) is 39.6 Å². The monoisotopic (exact) mass is 276 g/mol. The zero-order valence-electron chi connectivity index (χ0n) is 11.5. The molecule has 1 aromatic heterocycles. The maximum Gasteiger partial charge on any atom is 0.132 e. The van der Waals surface area contributed by atoms with E-state index in [-0.39, 0.29) is 6.04 Å². The Balaban J connectivity index is 1.97. The minimum absolute atomic E-state index is 0.0155. The Kier molecular flexibility index (Phi) is 3.78. The molecule has 3 aromatic rings. The van der Waals surface area contributed by atoms with Crippen molar-refractivity contribution in [3.8, 4) is 0 Å². The van der Waals surface area contributed by atoms with Crippen molar-refractivity contribution in [2.75, 3.05) is 11.1 Å². The van der Waals surface area contributed by atoms with Crippen LogP contribution in [-0.2, 0) is 0 Å². The van der Waals surface area contributed by atoms with Gasteiger partial charge in [0, 0.05) is 6.07 Å². The summed E-state index contributed by atoms with van der Waals surface area (Å²) < 4.78 is 0. The van der Waals surface area contributed by atoms with Gasteiger partial charge in [-0.25, -0.2) is 9.97 Å². The summed E-state index contributed by atoms with van der Waals surface area (Å²) in [6, 6.07) is 22.3. The van der Waals surface area contributed by atoms with E-state index in [0.717, 1.165) is 0 Å². The van der Waals surface area contributed by atoms with Crippen molar-refractivity contribution in [3.05, 3.63) is 84.2 Å². The highest BCUT2D eigenvalue weighted by Crippen LogP contribution is 2.25. The van der Waals surface area contributed by atoms with Gasteiger partial charge in [-0.15, -0.1) is 0 Å². The van der Waals surface area contributed by atoms with E-state index in [9.17, 15) is 0 Å². The Hall–Kier alpha value is -2.88. The summed E-state index contributed by atoms with van der Waals surface area (Å²) in [5.74, 6) is 1.16. The normalized spacial score (nSPS) is 10.5. The summed E-state index contributed by atoms with van der Waals surface area (Å²) in [5, 5.41) is 3.42. The van der Waals surface area contributed by atoms with E-state index >= 15 is 0 Å². The third-order valence-corrected chi connectivity index (χ3v) is 3.25. The molecule has 0 aliphatic carbocycles. The van der Waals surface area contributed by atoms with E-state index < -0.39 is 0 Å². The molecule has 3 rings (SSSR count). The molecule has 3 N–H and O–H groups in total. The molecule has 0 aliphatic rings. The average Bonchev–Trinajstić information content (AvgIpc) is 2.54.